The van der Waals surface area contributed by atoms with Crippen molar-refractivity contribution in [2.45, 2.75) is 27.3 Å². The predicted molar refractivity (Wildman–Crippen MR) is 73.2 cm³/mol. The molecule has 2 rings (SSSR count). The second-order valence-electron chi connectivity index (χ2n) is 5.02. The van der Waals surface area contributed by atoms with Crippen molar-refractivity contribution in [2.24, 2.45) is 5.92 Å². The molecule has 18 heavy (non-hydrogen) atoms. The quantitative estimate of drug-likeness (QED) is 0.876. The molecule has 1 aromatic carbocycles. The lowest BCUT2D eigenvalue weighted by Gasteiger charge is -2.06. The first-order valence-corrected chi connectivity index (χ1v) is 6.37. The van der Waals surface area contributed by atoms with Gasteiger partial charge in [-0.2, -0.15) is 0 Å². The van der Waals surface area contributed by atoms with Gasteiger partial charge in [0.1, 0.15) is 5.69 Å². The topological polar surface area (TPSA) is 38.1 Å². The van der Waals surface area contributed by atoms with Crippen LogP contribution in [0.25, 0.3) is 11.3 Å². The minimum Gasteiger partial charge on any atom is -0.443 e. The van der Waals surface area contributed by atoms with Crippen molar-refractivity contribution in [3.8, 4) is 11.3 Å². The van der Waals surface area contributed by atoms with Gasteiger partial charge in [-0.1, -0.05) is 43.7 Å². The highest BCUT2D eigenvalue weighted by atomic mass is 16.3. The molecule has 0 bridgehead atoms. The van der Waals surface area contributed by atoms with E-state index in [0.29, 0.717) is 5.92 Å². The lowest BCUT2D eigenvalue weighted by atomic mass is 10.1. The van der Waals surface area contributed by atoms with Gasteiger partial charge in [-0.15, -0.1) is 0 Å². The summed E-state index contributed by atoms with van der Waals surface area (Å²) >= 11 is 0. The lowest BCUT2D eigenvalue weighted by molar-refractivity contribution is 0.545. The SMILES string of the molecule is Cc1ccc(-c2ocnc2CNCC(C)C)cc1. The van der Waals surface area contributed by atoms with Crippen LogP contribution in [0.1, 0.15) is 25.1 Å². The van der Waals surface area contributed by atoms with Crippen molar-refractivity contribution in [1.29, 1.82) is 0 Å². The summed E-state index contributed by atoms with van der Waals surface area (Å²) < 4.78 is 5.50. The normalized spacial score (nSPS) is 11.1. The zero-order chi connectivity index (χ0) is 13.0. The standard InChI is InChI=1S/C15H20N2O/c1-11(2)8-16-9-14-15(18-10-17-14)13-6-4-12(3)5-7-13/h4-7,10-11,16H,8-9H2,1-3H3. The second-order valence-corrected chi connectivity index (χ2v) is 5.02. The molecule has 0 amide bonds. The number of hydrogen-bond donors (Lipinski definition) is 1. The fraction of sp³-hybridized carbons (Fsp3) is 0.400. The molecular weight excluding hydrogens is 224 g/mol. The summed E-state index contributed by atoms with van der Waals surface area (Å²) in [5.41, 5.74) is 3.30. The van der Waals surface area contributed by atoms with E-state index in [1.54, 1.807) is 0 Å². The largest absolute Gasteiger partial charge is 0.443 e. The number of hydrogen-bond acceptors (Lipinski definition) is 3. The maximum atomic E-state index is 5.50. The Morgan fingerprint density at radius 1 is 1.22 bits per heavy atom. The van der Waals surface area contributed by atoms with Gasteiger partial charge in [0.2, 0.25) is 0 Å². The van der Waals surface area contributed by atoms with Crippen LogP contribution < -0.4 is 5.32 Å². The van der Waals surface area contributed by atoms with Crippen LogP contribution in [0.2, 0.25) is 0 Å². The van der Waals surface area contributed by atoms with Gasteiger partial charge in [0.25, 0.3) is 0 Å². The first-order chi connectivity index (χ1) is 8.66. The van der Waals surface area contributed by atoms with Gasteiger partial charge in [0, 0.05) is 12.1 Å². The van der Waals surface area contributed by atoms with Gasteiger partial charge < -0.3 is 9.73 Å². The van der Waals surface area contributed by atoms with Crippen LogP contribution in [-0.2, 0) is 6.54 Å². The fourth-order valence-corrected chi connectivity index (χ4v) is 1.81. The van der Waals surface area contributed by atoms with E-state index < -0.39 is 0 Å². The average molecular weight is 244 g/mol. The number of nitrogens with one attached hydrogen (secondary N) is 1. The highest BCUT2D eigenvalue weighted by molar-refractivity contribution is 5.59. The smallest absolute Gasteiger partial charge is 0.181 e. The van der Waals surface area contributed by atoms with Gasteiger partial charge in [-0.3, -0.25) is 0 Å². The molecule has 96 valence electrons. The van der Waals surface area contributed by atoms with Crippen LogP contribution in [0.15, 0.2) is 35.1 Å². The Kier molecular flexibility index (Phi) is 4.15. The number of benzene rings is 1. The van der Waals surface area contributed by atoms with Crippen molar-refractivity contribution in [2.75, 3.05) is 6.54 Å². The predicted octanol–water partition coefficient (Wildman–Crippen LogP) is 3.40. The Hall–Kier alpha value is -1.61. The number of aromatic nitrogens is 1. The molecule has 0 fully saturated rings. The van der Waals surface area contributed by atoms with Crippen LogP contribution >= 0.6 is 0 Å². The van der Waals surface area contributed by atoms with E-state index in [1.165, 1.54) is 12.0 Å². The van der Waals surface area contributed by atoms with Crippen LogP contribution in [0, 0.1) is 12.8 Å². The number of aryl methyl sites for hydroxylation is 1. The molecule has 0 atom stereocenters. The molecule has 0 aliphatic heterocycles. The third kappa shape index (κ3) is 3.20. The molecule has 0 saturated carbocycles. The zero-order valence-electron chi connectivity index (χ0n) is 11.2. The third-order valence-corrected chi connectivity index (χ3v) is 2.80. The van der Waals surface area contributed by atoms with Crippen LogP contribution in [-0.4, -0.2) is 11.5 Å². The van der Waals surface area contributed by atoms with E-state index in [4.69, 9.17) is 4.42 Å². The highest BCUT2D eigenvalue weighted by Crippen LogP contribution is 2.23. The Bertz CT molecular complexity index is 485. The van der Waals surface area contributed by atoms with Crippen molar-refractivity contribution in [3.63, 3.8) is 0 Å². The summed E-state index contributed by atoms with van der Waals surface area (Å²) in [7, 11) is 0. The zero-order valence-corrected chi connectivity index (χ0v) is 11.2. The molecule has 0 spiro atoms. The summed E-state index contributed by atoms with van der Waals surface area (Å²) in [5, 5.41) is 3.39. The molecule has 1 aromatic heterocycles. The first-order valence-electron chi connectivity index (χ1n) is 6.37. The molecule has 0 radical (unpaired) electrons. The molecule has 3 nitrogen and oxygen atoms in total. The third-order valence-electron chi connectivity index (χ3n) is 2.80. The summed E-state index contributed by atoms with van der Waals surface area (Å²) in [5.74, 6) is 1.51. The summed E-state index contributed by atoms with van der Waals surface area (Å²) in [6, 6.07) is 8.32. The van der Waals surface area contributed by atoms with E-state index in [2.05, 4.69) is 55.3 Å². The summed E-state index contributed by atoms with van der Waals surface area (Å²) in [4.78, 5) is 4.28. The maximum absolute atomic E-state index is 5.50. The van der Waals surface area contributed by atoms with E-state index in [9.17, 15) is 0 Å². The Morgan fingerprint density at radius 3 is 2.61 bits per heavy atom. The fourth-order valence-electron chi connectivity index (χ4n) is 1.81. The molecule has 0 aliphatic rings. The Morgan fingerprint density at radius 2 is 1.94 bits per heavy atom. The molecule has 3 heteroatoms. The number of nitrogens with zero attached hydrogens (tertiary/aromatic N) is 1. The average Bonchev–Trinajstić information content (AvgIpc) is 2.78. The van der Waals surface area contributed by atoms with Gasteiger partial charge in [-0.25, -0.2) is 4.98 Å². The summed E-state index contributed by atoms with van der Waals surface area (Å²) in [6.45, 7) is 8.20. The highest BCUT2D eigenvalue weighted by Gasteiger charge is 2.10. The van der Waals surface area contributed by atoms with Crippen LogP contribution in [0.3, 0.4) is 0 Å². The summed E-state index contributed by atoms with van der Waals surface area (Å²) in [6.07, 6.45) is 1.52. The molecule has 0 aliphatic carbocycles. The first kappa shape index (κ1) is 12.8. The van der Waals surface area contributed by atoms with E-state index in [0.717, 1.165) is 30.1 Å². The molecule has 2 aromatic rings. The van der Waals surface area contributed by atoms with Gasteiger partial charge >= 0.3 is 0 Å². The van der Waals surface area contributed by atoms with Crippen molar-refractivity contribution in [1.82, 2.24) is 10.3 Å². The van der Waals surface area contributed by atoms with E-state index in [-0.39, 0.29) is 0 Å². The molecule has 0 saturated heterocycles. The van der Waals surface area contributed by atoms with E-state index in [1.807, 2.05) is 0 Å². The second kappa shape index (κ2) is 5.83. The number of oxazole rings is 1. The lowest BCUT2D eigenvalue weighted by Crippen LogP contribution is -2.19. The van der Waals surface area contributed by atoms with E-state index >= 15 is 0 Å². The van der Waals surface area contributed by atoms with Crippen LogP contribution in [0.4, 0.5) is 0 Å². The maximum Gasteiger partial charge on any atom is 0.181 e. The van der Waals surface area contributed by atoms with Crippen LogP contribution in [0.5, 0.6) is 0 Å². The van der Waals surface area contributed by atoms with Crippen molar-refractivity contribution in [3.05, 3.63) is 41.9 Å². The molecule has 1 heterocycles. The van der Waals surface area contributed by atoms with Gasteiger partial charge in [-0.05, 0) is 19.4 Å². The minimum atomic E-state index is 0.639. The number of rotatable bonds is 5. The van der Waals surface area contributed by atoms with Crippen molar-refractivity contribution >= 4 is 0 Å². The minimum absolute atomic E-state index is 0.639. The monoisotopic (exact) mass is 244 g/mol. The van der Waals surface area contributed by atoms with Gasteiger partial charge in [0.05, 0.1) is 0 Å². The Labute approximate surface area is 108 Å². The van der Waals surface area contributed by atoms with Crippen molar-refractivity contribution < 1.29 is 4.42 Å². The molecule has 0 unspecified atom stereocenters. The Balaban J connectivity index is 2.10. The van der Waals surface area contributed by atoms with Gasteiger partial charge in [0.15, 0.2) is 12.2 Å². The molecule has 1 N–H and O–H groups in total. The molecular formula is C15H20N2O.